The Morgan fingerprint density at radius 2 is 2.10 bits per heavy atom. The predicted molar refractivity (Wildman–Crippen MR) is 79.0 cm³/mol. The van der Waals surface area contributed by atoms with Gasteiger partial charge in [0, 0.05) is 12.2 Å². The molecule has 0 radical (unpaired) electrons. The molecular formula is C15H16ClFN2O. The monoisotopic (exact) mass is 294 g/mol. The summed E-state index contributed by atoms with van der Waals surface area (Å²) in [5.74, 6) is -0.149. The van der Waals surface area contributed by atoms with Crippen LogP contribution >= 0.6 is 11.6 Å². The van der Waals surface area contributed by atoms with Gasteiger partial charge in [-0.05, 0) is 43.2 Å². The molecule has 0 spiro atoms. The molecule has 0 bridgehead atoms. The maximum atomic E-state index is 13.7. The van der Waals surface area contributed by atoms with Gasteiger partial charge in [0.1, 0.15) is 0 Å². The van der Waals surface area contributed by atoms with Crippen LogP contribution in [0.5, 0.6) is 5.75 Å². The molecule has 2 rings (SSSR count). The van der Waals surface area contributed by atoms with Crippen LogP contribution in [-0.2, 0) is 0 Å². The van der Waals surface area contributed by atoms with Crippen molar-refractivity contribution in [1.29, 1.82) is 0 Å². The Bertz CT molecular complexity index is 599. The first-order valence-electron chi connectivity index (χ1n) is 6.24. The van der Waals surface area contributed by atoms with E-state index >= 15 is 0 Å². The summed E-state index contributed by atoms with van der Waals surface area (Å²) in [7, 11) is 1.44. The normalized spacial score (nSPS) is 12.1. The number of aromatic nitrogens is 1. The number of pyridine rings is 1. The topological polar surface area (TPSA) is 34.1 Å². The van der Waals surface area contributed by atoms with Crippen LogP contribution in [-0.4, -0.2) is 12.1 Å². The van der Waals surface area contributed by atoms with Crippen LogP contribution in [0, 0.1) is 12.7 Å². The van der Waals surface area contributed by atoms with E-state index in [-0.39, 0.29) is 17.6 Å². The zero-order valence-electron chi connectivity index (χ0n) is 11.6. The summed E-state index contributed by atoms with van der Waals surface area (Å²) >= 11 is 6.07. The smallest absolute Gasteiger partial charge is 0.165 e. The van der Waals surface area contributed by atoms with E-state index in [4.69, 9.17) is 16.3 Å². The Kier molecular flexibility index (Phi) is 4.45. The van der Waals surface area contributed by atoms with Crippen molar-refractivity contribution in [3.05, 3.63) is 52.6 Å². The molecule has 2 aromatic rings. The van der Waals surface area contributed by atoms with Crippen LogP contribution in [0.1, 0.15) is 24.1 Å². The van der Waals surface area contributed by atoms with E-state index in [9.17, 15) is 4.39 Å². The molecular weight excluding hydrogens is 279 g/mol. The molecule has 1 aromatic carbocycles. The van der Waals surface area contributed by atoms with Gasteiger partial charge in [-0.2, -0.15) is 0 Å². The quantitative estimate of drug-likeness (QED) is 0.851. The molecule has 1 atom stereocenters. The minimum atomic E-state index is -0.382. The molecule has 1 heterocycles. The fourth-order valence-corrected chi connectivity index (χ4v) is 2.21. The third kappa shape index (κ3) is 3.02. The lowest BCUT2D eigenvalue weighted by molar-refractivity contribution is 0.386. The van der Waals surface area contributed by atoms with Gasteiger partial charge in [0.15, 0.2) is 16.7 Å². The number of benzene rings is 1. The summed E-state index contributed by atoms with van der Waals surface area (Å²) in [6.45, 7) is 3.88. The minimum Gasteiger partial charge on any atom is -0.494 e. The van der Waals surface area contributed by atoms with E-state index in [1.54, 1.807) is 12.3 Å². The number of nitrogens with zero attached hydrogens (tertiary/aromatic N) is 1. The Labute approximate surface area is 122 Å². The molecule has 5 heteroatoms. The van der Waals surface area contributed by atoms with E-state index < -0.39 is 0 Å². The van der Waals surface area contributed by atoms with E-state index in [2.05, 4.69) is 10.3 Å². The summed E-state index contributed by atoms with van der Waals surface area (Å²) in [4.78, 5) is 4.04. The van der Waals surface area contributed by atoms with Crippen LogP contribution in [0.3, 0.4) is 0 Å². The molecule has 0 aliphatic heterocycles. The SMILES string of the molecule is COc1ccc(C(C)Nc2c(C)ccnc2Cl)cc1F. The highest BCUT2D eigenvalue weighted by atomic mass is 35.5. The molecule has 0 aliphatic rings. The molecule has 1 N–H and O–H groups in total. The molecule has 20 heavy (non-hydrogen) atoms. The number of anilines is 1. The second-order valence-corrected chi connectivity index (χ2v) is 4.91. The van der Waals surface area contributed by atoms with Crippen molar-refractivity contribution >= 4 is 17.3 Å². The van der Waals surface area contributed by atoms with Gasteiger partial charge in [0.05, 0.1) is 12.8 Å². The van der Waals surface area contributed by atoms with Crippen molar-refractivity contribution in [3.63, 3.8) is 0 Å². The van der Waals surface area contributed by atoms with Crippen molar-refractivity contribution in [2.24, 2.45) is 0 Å². The zero-order valence-corrected chi connectivity index (χ0v) is 12.3. The lowest BCUT2D eigenvalue weighted by atomic mass is 10.1. The highest BCUT2D eigenvalue weighted by molar-refractivity contribution is 6.32. The molecule has 0 amide bonds. The van der Waals surface area contributed by atoms with Gasteiger partial charge in [0.2, 0.25) is 0 Å². The number of methoxy groups -OCH3 is 1. The first kappa shape index (κ1) is 14.6. The van der Waals surface area contributed by atoms with E-state index in [0.29, 0.717) is 5.15 Å². The zero-order chi connectivity index (χ0) is 14.7. The molecule has 0 fully saturated rings. The van der Waals surface area contributed by atoms with Crippen LogP contribution in [0.25, 0.3) is 0 Å². The lowest BCUT2D eigenvalue weighted by Gasteiger charge is -2.18. The van der Waals surface area contributed by atoms with Crippen LogP contribution < -0.4 is 10.1 Å². The van der Waals surface area contributed by atoms with Gasteiger partial charge in [-0.1, -0.05) is 17.7 Å². The van der Waals surface area contributed by atoms with Crippen LogP contribution in [0.4, 0.5) is 10.1 Å². The standard InChI is InChI=1S/C15H16ClFN2O/c1-9-6-7-18-15(16)14(9)19-10(2)11-4-5-13(20-3)12(17)8-11/h4-8,10,19H,1-3H3. The van der Waals surface area contributed by atoms with E-state index in [1.807, 2.05) is 26.0 Å². The highest BCUT2D eigenvalue weighted by Gasteiger charge is 2.12. The molecule has 1 unspecified atom stereocenters. The fourth-order valence-electron chi connectivity index (χ4n) is 1.95. The van der Waals surface area contributed by atoms with Gasteiger partial charge in [-0.15, -0.1) is 0 Å². The number of ether oxygens (including phenoxy) is 1. The Morgan fingerprint density at radius 1 is 1.35 bits per heavy atom. The summed E-state index contributed by atoms with van der Waals surface area (Å²) in [6, 6.07) is 6.65. The molecule has 3 nitrogen and oxygen atoms in total. The Balaban J connectivity index is 2.24. The average Bonchev–Trinajstić information content (AvgIpc) is 2.42. The summed E-state index contributed by atoms with van der Waals surface area (Å²) in [5, 5.41) is 3.67. The average molecular weight is 295 g/mol. The van der Waals surface area contributed by atoms with Crippen molar-refractivity contribution in [1.82, 2.24) is 4.98 Å². The number of halogens is 2. The van der Waals surface area contributed by atoms with Crippen LogP contribution in [0.2, 0.25) is 5.15 Å². The molecule has 1 aromatic heterocycles. The Morgan fingerprint density at radius 3 is 2.70 bits per heavy atom. The first-order valence-corrected chi connectivity index (χ1v) is 6.61. The summed E-state index contributed by atoms with van der Waals surface area (Å²) < 4.78 is 18.6. The van der Waals surface area contributed by atoms with Crippen molar-refractivity contribution in [2.45, 2.75) is 19.9 Å². The van der Waals surface area contributed by atoms with Gasteiger partial charge < -0.3 is 10.1 Å². The number of nitrogens with one attached hydrogen (secondary N) is 1. The van der Waals surface area contributed by atoms with Gasteiger partial charge in [-0.3, -0.25) is 0 Å². The second-order valence-electron chi connectivity index (χ2n) is 4.55. The maximum Gasteiger partial charge on any atom is 0.165 e. The number of aryl methyl sites for hydroxylation is 1. The van der Waals surface area contributed by atoms with Crippen LogP contribution in [0.15, 0.2) is 30.5 Å². The number of hydrogen-bond donors (Lipinski definition) is 1. The van der Waals surface area contributed by atoms with Gasteiger partial charge in [-0.25, -0.2) is 9.37 Å². The van der Waals surface area contributed by atoms with Crippen molar-refractivity contribution in [3.8, 4) is 5.75 Å². The minimum absolute atomic E-state index is 0.101. The molecule has 106 valence electrons. The summed E-state index contributed by atoms with van der Waals surface area (Å²) in [6.07, 6.45) is 1.65. The fraction of sp³-hybridized carbons (Fsp3) is 0.267. The molecule has 0 aliphatic carbocycles. The third-order valence-electron chi connectivity index (χ3n) is 3.15. The van der Waals surface area contributed by atoms with Crippen molar-refractivity contribution in [2.75, 3.05) is 12.4 Å². The highest BCUT2D eigenvalue weighted by Crippen LogP contribution is 2.29. The van der Waals surface area contributed by atoms with Gasteiger partial charge in [0.25, 0.3) is 0 Å². The summed E-state index contributed by atoms with van der Waals surface area (Å²) in [5.41, 5.74) is 2.56. The lowest BCUT2D eigenvalue weighted by Crippen LogP contribution is -2.09. The number of rotatable bonds is 4. The molecule has 0 saturated carbocycles. The first-order chi connectivity index (χ1) is 9.52. The molecule has 0 saturated heterocycles. The third-order valence-corrected chi connectivity index (χ3v) is 3.44. The number of hydrogen-bond acceptors (Lipinski definition) is 3. The maximum absolute atomic E-state index is 13.7. The van der Waals surface area contributed by atoms with Crippen molar-refractivity contribution < 1.29 is 9.13 Å². The van der Waals surface area contributed by atoms with E-state index in [1.165, 1.54) is 13.2 Å². The van der Waals surface area contributed by atoms with E-state index in [0.717, 1.165) is 16.8 Å². The van der Waals surface area contributed by atoms with Gasteiger partial charge >= 0.3 is 0 Å². The largest absolute Gasteiger partial charge is 0.494 e. The second kappa shape index (κ2) is 6.09. The predicted octanol–water partition coefficient (Wildman–Crippen LogP) is 4.36. The Hall–Kier alpha value is -1.81.